The molecular weight excluding hydrogens is 278 g/mol. The van der Waals surface area contributed by atoms with Crippen LogP contribution in [-0.4, -0.2) is 62.2 Å². The Morgan fingerprint density at radius 1 is 1.48 bits per heavy atom. The van der Waals surface area contributed by atoms with Crippen molar-refractivity contribution in [2.45, 2.75) is 44.2 Å². The summed E-state index contributed by atoms with van der Waals surface area (Å²) in [5.74, 6) is -1.23. The van der Waals surface area contributed by atoms with Crippen molar-refractivity contribution in [2.75, 3.05) is 33.5 Å². The molecular formula is C14H25NO6. The predicted octanol–water partition coefficient (Wildman–Crippen LogP) is 0.568. The van der Waals surface area contributed by atoms with Crippen LogP contribution in [0.15, 0.2) is 0 Å². The van der Waals surface area contributed by atoms with Gasteiger partial charge in [-0.05, 0) is 19.8 Å². The summed E-state index contributed by atoms with van der Waals surface area (Å²) in [4.78, 5) is 22.7. The summed E-state index contributed by atoms with van der Waals surface area (Å²) in [6.45, 7) is 3.36. The zero-order chi connectivity index (χ0) is 15.7. The third kappa shape index (κ3) is 7.40. The zero-order valence-corrected chi connectivity index (χ0v) is 12.7. The molecule has 1 aliphatic rings. The molecule has 1 rings (SSSR count). The van der Waals surface area contributed by atoms with E-state index in [0.717, 1.165) is 19.4 Å². The molecule has 0 aromatic rings. The number of carbonyl (C=O) groups is 2. The summed E-state index contributed by atoms with van der Waals surface area (Å²) in [6.07, 6.45) is 2.18. The van der Waals surface area contributed by atoms with Crippen LogP contribution >= 0.6 is 0 Å². The van der Waals surface area contributed by atoms with Gasteiger partial charge in [0.05, 0.1) is 37.9 Å². The number of carbonyl (C=O) groups excluding carboxylic acids is 1. The first-order valence-corrected chi connectivity index (χ1v) is 7.16. The molecule has 1 heterocycles. The summed E-state index contributed by atoms with van der Waals surface area (Å²) >= 11 is 0. The molecule has 7 nitrogen and oxygen atoms in total. The number of hydrogen-bond donors (Lipinski definition) is 2. The Kier molecular flexibility index (Phi) is 7.63. The van der Waals surface area contributed by atoms with E-state index in [1.165, 1.54) is 7.11 Å². The van der Waals surface area contributed by atoms with Gasteiger partial charge in [0.1, 0.15) is 0 Å². The molecule has 0 aromatic heterocycles. The molecule has 0 bridgehead atoms. The van der Waals surface area contributed by atoms with Crippen molar-refractivity contribution in [3.05, 3.63) is 0 Å². The lowest BCUT2D eigenvalue weighted by molar-refractivity contribution is -0.139. The topological polar surface area (TPSA) is 94.1 Å². The number of carboxylic acid groups (broad SMARTS) is 1. The Hall–Kier alpha value is -1.18. The third-order valence-corrected chi connectivity index (χ3v) is 3.25. The minimum absolute atomic E-state index is 0.138. The maximum Gasteiger partial charge on any atom is 0.305 e. The van der Waals surface area contributed by atoms with E-state index in [1.54, 1.807) is 6.92 Å². The zero-order valence-electron chi connectivity index (χ0n) is 12.7. The minimum atomic E-state index is -0.982. The van der Waals surface area contributed by atoms with Crippen molar-refractivity contribution in [3.63, 3.8) is 0 Å². The predicted molar refractivity (Wildman–Crippen MR) is 75.1 cm³/mol. The van der Waals surface area contributed by atoms with Crippen molar-refractivity contribution < 1.29 is 28.9 Å². The fourth-order valence-electron chi connectivity index (χ4n) is 2.34. The lowest BCUT2D eigenvalue weighted by atomic mass is 9.99. The van der Waals surface area contributed by atoms with Gasteiger partial charge in [-0.2, -0.15) is 0 Å². The average molecular weight is 303 g/mol. The summed E-state index contributed by atoms with van der Waals surface area (Å²) in [6, 6.07) is 0. The quantitative estimate of drug-likeness (QED) is 0.573. The fraction of sp³-hybridized carbons (Fsp3) is 0.857. The molecule has 0 radical (unpaired) electrons. The number of aliphatic carboxylic acids is 1. The van der Waals surface area contributed by atoms with Crippen LogP contribution in [0.25, 0.3) is 0 Å². The van der Waals surface area contributed by atoms with Gasteiger partial charge in [0, 0.05) is 20.1 Å². The van der Waals surface area contributed by atoms with Crippen molar-refractivity contribution >= 4 is 11.9 Å². The maximum atomic E-state index is 11.8. The van der Waals surface area contributed by atoms with Crippen LogP contribution in [0.1, 0.15) is 32.6 Å². The standard InChI is InChI=1S/C14H25NO6/c1-14(10-19-2,8-13(17)18)15-12(16)5-7-20-9-11-4-3-6-21-11/h11H,3-10H2,1-2H3,(H,15,16)(H,17,18). The highest BCUT2D eigenvalue weighted by molar-refractivity contribution is 5.78. The van der Waals surface area contributed by atoms with Gasteiger partial charge < -0.3 is 24.6 Å². The van der Waals surface area contributed by atoms with Crippen LogP contribution in [0.5, 0.6) is 0 Å². The average Bonchev–Trinajstić information content (AvgIpc) is 2.86. The number of hydrogen-bond acceptors (Lipinski definition) is 5. The van der Waals surface area contributed by atoms with Crippen LogP contribution < -0.4 is 5.32 Å². The molecule has 2 N–H and O–H groups in total. The molecule has 122 valence electrons. The smallest absolute Gasteiger partial charge is 0.305 e. The molecule has 0 aromatic carbocycles. The van der Waals surface area contributed by atoms with E-state index in [4.69, 9.17) is 19.3 Å². The van der Waals surface area contributed by atoms with E-state index in [-0.39, 0.29) is 31.5 Å². The van der Waals surface area contributed by atoms with Gasteiger partial charge in [-0.15, -0.1) is 0 Å². The van der Waals surface area contributed by atoms with Gasteiger partial charge in [0.25, 0.3) is 0 Å². The first-order valence-electron chi connectivity index (χ1n) is 7.16. The molecule has 21 heavy (non-hydrogen) atoms. The van der Waals surface area contributed by atoms with E-state index >= 15 is 0 Å². The van der Waals surface area contributed by atoms with E-state index < -0.39 is 11.5 Å². The van der Waals surface area contributed by atoms with E-state index in [0.29, 0.717) is 13.2 Å². The monoisotopic (exact) mass is 303 g/mol. The Morgan fingerprint density at radius 2 is 2.24 bits per heavy atom. The molecule has 2 unspecified atom stereocenters. The lowest BCUT2D eigenvalue weighted by Gasteiger charge is -2.28. The second kappa shape index (κ2) is 8.96. The van der Waals surface area contributed by atoms with Gasteiger partial charge in [-0.3, -0.25) is 9.59 Å². The lowest BCUT2D eigenvalue weighted by Crippen LogP contribution is -2.51. The number of methoxy groups -OCH3 is 1. The van der Waals surface area contributed by atoms with Crippen LogP contribution in [0, 0.1) is 0 Å². The number of amides is 1. The fourth-order valence-corrected chi connectivity index (χ4v) is 2.34. The molecule has 1 saturated heterocycles. The van der Waals surface area contributed by atoms with Crippen LogP contribution in [0.4, 0.5) is 0 Å². The largest absolute Gasteiger partial charge is 0.481 e. The molecule has 1 aliphatic heterocycles. The molecule has 2 atom stereocenters. The SMILES string of the molecule is COCC(C)(CC(=O)O)NC(=O)CCOCC1CCCO1. The van der Waals surface area contributed by atoms with Gasteiger partial charge in [0.15, 0.2) is 0 Å². The van der Waals surface area contributed by atoms with Crippen molar-refractivity contribution in [1.29, 1.82) is 0 Å². The normalized spacial score (nSPS) is 21.0. The van der Waals surface area contributed by atoms with Gasteiger partial charge in [0.2, 0.25) is 5.91 Å². The number of ether oxygens (including phenoxy) is 3. The number of rotatable bonds is 10. The highest BCUT2D eigenvalue weighted by atomic mass is 16.5. The van der Waals surface area contributed by atoms with Gasteiger partial charge >= 0.3 is 5.97 Å². The number of carboxylic acids is 1. The van der Waals surface area contributed by atoms with Crippen molar-refractivity contribution in [3.8, 4) is 0 Å². The number of nitrogens with one attached hydrogen (secondary N) is 1. The van der Waals surface area contributed by atoms with Gasteiger partial charge in [-0.1, -0.05) is 0 Å². The Morgan fingerprint density at radius 3 is 2.81 bits per heavy atom. The minimum Gasteiger partial charge on any atom is -0.481 e. The molecule has 0 spiro atoms. The van der Waals surface area contributed by atoms with Crippen LogP contribution in [-0.2, 0) is 23.8 Å². The Labute approximate surface area is 124 Å². The van der Waals surface area contributed by atoms with Crippen molar-refractivity contribution in [1.82, 2.24) is 5.32 Å². The second-order valence-electron chi connectivity index (χ2n) is 5.57. The maximum absolute atomic E-state index is 11.8. The summed E-state index contributed by atoms with van der Waals surface area (Å²) in [5.41, 5.74) is -0.910. The first kappa shape index (κ1) is 17.9. The van der Waals surface area contributed by atoms with E-state index in [1.807, 2.05) is 0 Å². The van der Waals surface area contributed by atoms with Gasteiger partial charge in [-0.25, -0.2) is 0 Å². The van der Waals surface area contributed by atoms with Crippen molar-refractivity contribution in [2.24, 2.45) is 0 Å². The Bertz CT molecular complexity index is 342. The summed E-state index contributed by atoms with van der Waals surface area (Å²) in [7, 11) is 1.47. The van der Waals surface area contributed by atoms with Crippen LogP contribution in [0.2, 0.25) is 0 Å². The summed E-state index contributed by atoms with van der Waals surface area (Å²) in [5, 5.41) is 11.6. The Balaban J connectivity index is 2.24. The third-order valence-electron chi connectivity index (χ3n) is 3.25. The molecule has 1 amide bonds. The summed E-state index contributed by atoms with van der Waals surface area (Å²) < 4.78 is 15.8. The molecule has 0 saturated carbocycles. The van der Waals surface area contributed by atoms with Crippen LogP contribution in [0.3, 0.4) is 0 Å². The van der Waals surface area contributed by atoms with E-state index in [9.17, 15) is 9.59 Å². The second-order valence-corrected chi connectivity index (χ2v) is 5.57. The van der Waals surface area contributed by atoms with E-state index in [2.05, 4.69) is 5.32 Å². The first-order chi connectivity index (χ1) is 9.95. The highest BCUT2D eigenvalue weighted by Gasteiger charge is 2.29. The highest BCUT2D eigenvalue weighted by Crippen LogP contribution is 2.12. The molecule has 7 heteroatoms. The molecule has 1 fully saturated rings. The molecule has 0 aliphatic carbocycles.